The smallest absolute Gasteiger partial charge is 0.348 e. The van der Waals surface area contributed by atoms with E-state index in [1.165, 1.54) is 29.8 Å². The number of methoxy groups -OCH3 is 1. The molecule has 158 valence electrons. The number of aryl methyl sites for hydroxylation is 1. The van der Waals surface area contributed by atoms with E-state index in [1.54, 1.807) is 6.92 Å². The average Bonchev–Trinajstić information content (AvgIpc) is 3.37. The summed E-state index contributed by atoms with van der Waals surface area (Å²) in [6.45, 7) is 3.85. The van der Waals surface area contributed by atoms with Gasteiger partial charge in [0.25, 0.3) is 11.5 Å². The molecule has 0 aliphatic carbocycles. The van der Waals surface area contributed by atoms with Gasteiger partial charge in [-0.1, -0.05) is 0 Å². The quantitative estimate of drug-likeness (QED) is 0.584. The first-order valence-electron chi connectivity index (χ1n) is 9.62. The number of likely N-dealkylation sites (tertiary alicyclic amines) is 1. The SMILES string of the molecule is COC(=O)c1sc2nc(CN3CCC(NC(=O)c4ccsc4)CC3)[nH]c(=O)c2c1C. The van der Waals surface area contributed by atoms with Crippen molar-refractivity contribution in [1.82, 2.24) is 20.2 Å². The number of nitrogens with zero attached hydrogens (tertiary/aromatic N) is 2. The predicted octanol–water partition coefficient (Wildman–Crippen LogP) is 2.54. The molecule has 1 saturated heterocycles. The number of esters is 1. The summed E-state index contributed by atoms with van der Waals surface area (Å²) >= 11 is 2.69. The fraction of sp³-hybridized carbons (Fsp3) is 0.400. The Kier molecular flexibility index (Phi) is 5.98. The van der Waals surface area contributed by atoms with Crippen molar-refractivity contribution < 1.29 is 14.3 Å². The van der Waals surface area contributed by atoms with E-state index in [-0.39, 0.29) is 17.5 Å². The molecule has 0 unspecified atom stereocenters. The molecule has 0 saturated carbocycles. The van der Waals surface area contributed by atoms with Gasteiger partial charge in [0.15, 0.2) is 0 Å². The number of carbonyl (C=O) groups excluding carboxylic acids is 2. The third-order valence-electron chi connectivity index (χ3n) is 5.30. The number of ether oxygens (including phenoxy) is 1. The molecule has 0 atom stereocenters. The molecule has 0 radical (unpaired) electrons. The molecule has 3 aromatic rings. The number of hydrogen-bond donors (Lipinski definition) is 2. The Labute approximate surface area is 180 Å². The van der Waals surface area contributed by atoms with E-state index < -0.39 is 5.97 Å². The Morgan fingerprint density at radius 1 is 1.37 bits per heavy atom. The molecule has 1 fully saturated rings. The maximum atomic E-state index is 12.6. The van der Waals surface area contributed by atoms with Crippen LogP contribution in [0, 0.1) is 6.92 Å². The summed E-state index contributed by atoms with van der Waals surface area (Å²) in [5.74, 6) is 0.0922. The third kappa shape index (κ3) is 4.16. The third-order valence-corrected chi connectivity index (χ3v) is 7.15. The maximum absolute atomic E-state index is 12.6. The van der Waals surface area contributed by atoms with Crippen LogP contribution in [0.1, 0.15) is 44.3 Å². The Morgan fingerprint density at radius 2 is 2.13 bits per heavy atom. The van der Waals surface area contributed by atoms with Crippen molar-refractivity contribution in [3.8, 4) is 0 Å². The molecule has 3 aromatic heterocycles. The minimum absolute atomic E-state index is 0.0272. The van der Waals surface area contributed by atoms with Crippen LogP contribution >= 0.6 is 22.7 Å². The molecule has 4 heterocycles. The van der Waals surface area contributed by atoms with Crippen molar-refractivity contribution in [3.63, 3.8) is 0 Å². The summed E-state index contributed by atoms with van der Waals surface area (Å²) in [7, 11) is 1.32. The lowest BCUT2D eigenvalue weighted by Gasteiger charge is -2.31. The highest BCUT2D eigenvalue weighted by atomic mass is 32.1. The molecule has 1 aliphatic rings. The molecule has 1 aliphatic heterocycles. The van der Waals surface area contributed by atoms with Gasteiger partial charge in [-0.15, -0.1) is 11.3 Å². The van der Waals surface area contributed by atoms with Crippen molar-refractivity contribution in [2.75, 3.05) is 20.2 Å². The monoisotopic (exact) mass is 446 g/mol. The van der Waals surface area contributed by atoms with Crippen LogP contribution < -0.4 is 10.9 Å². The highest BCUT2D eigenvalue weighted by Crippen LogP contribution is 2.27. The number of piperidine rings is 1. The molecule has 0 spiro atoms. The summed E-state index contributed by atoms with van der Waals surface area (Å²) < 4.78 is 4.79. The number of aromatic nitrogens is 2. The zero-order valence-corrected chi connectivity index (χ0v) is 18.3. The molecule has 30 heavy (non-hydrogen) atoms. The molecule has 0 aromatic carbocycles. The van der Waals surface area contributed by atoms with Crippen LogP contribution in [0.4, 0.5) is 0 Å². The highest BCUT2D eigenvalue weighted by molar-refractivity contribution is 7.20. The number of aromatic amines is 1. The number of nitrogens with one attached hydrogen (secondary N) is 2. The average molecular weight is 447 g/mol. The Balaban J connectivity index is 1.41. The first-order valence-corrected chi connectivity index (χ1v) is 11.4. The Bertz CT molecular complexity index is 1130. The topological polar surface area (TPSA) is 104 Å². The van der Waals surface area contributed by atoms with Crippen LogP contribution in [0.25, 0.3) is 10.2 Å². The molecule has 0 bridgehead atoms. The van der Waals surface area contributed by atoms with Crippen molar-refractivity contribution in [3.05, 3.63) is 49.0 Å². The van der Waals surface area contributed by atoms with Gasteiger partial charge in [0.2, 0.25) is 0 Å². The lowest BCUT2D eigenvalue weighted by atomic mass is 10.0. The lowest BCUT2D eigenvalue weighted by Crippen LogP contribution is -2.44. The number of hydrogen-bond acceptors (Lipinski definition) is 8. The summed E-state index contributed by atoms with van der Waals surface area (Å²) in [6, 6.07) is 1.97. The fourth-order valence-electron chi connectivity index (χ4n) is 3.66. The van der Waals surface area contributed by atoms with Gasteiger partial charge in [-0.05, 0) is 36.8 Å². The van der Waals surface area contributed by atoms with Crippen molar-refractivity contribution in [2.45, 2.75) is 32.4 Å². The number of fused-ring (bicyclic) bond motifs is 1. The van der Waals surface area contributed by atoms with Crippen LogP contribution in [0.2, 0.25) is 0 Å². The molecule has 10 heteroatoms. The van der Waals surface area contributed by atoms with Crippen molar-refractivity contribution in [2.24, 2.45) is 0 Å². The van der Waals surface area contributed by atoms with E-state index in [1.807, 2.05) is 16.8 Å². The second-order valence-electron chi connectivity index (χ2n) is 7.28. The standard InChI is InChI=1S/C20H22N4O4S2/c1-11-15-18(26)22-14(23-19(15)30-16(11)20(27)28-2)9-24-6-3-13(4-7-24)21-17(25)12-5-8-29-10-12/h5,8,10,13H,3-4,6-7,9H2,1-2H3,(H,21,25)(H,22,23,26). The molecular weight excluding hydrogens is 424 g/mol. The van der Waals surface area contributed by atoms with Gasteiger partial charge in [-0.2, -0.15) is 11.3 Å². The van der Waals surface area contributed by atoms with Gasteiger partial charge in [0.05, 0.1) is 19.0 Å². The molecular formula is C20H22N4O4S2. The van der Waals surface area contributed by atoms with E-state index in [9.17, 15) is 14.4 Å². The molecule has 4 rings (SSSR count). The highest BCUT2D eigenvalue weighted by Gasteiger charge is 2.23. The fourth-order valence-corrected chi connectivity index (χ4v) is 5.42. The van der Waals surface area contributed by atoms with Gasteiger partial charge >= 0.3 is 5.97 Å². The first kappa shape index (κ1) is 20.7. The van der Waals surface area contributed by atoms with E-state index >= 15 is 0 Å². The van der Waals surface area contributed by atoms with Crippen molar-refractivity contribution in [1.29, 1.82) is 0 Å². The summed E-state index contributed by atoms with van der Waals surface area (Å²) in [4.78, 5) is 47.3. The van der Waals surface area contributed by atoms with Crippen LogP contribution in [-0.2, 0) is 11.3 Å². The Morgan fingerprint density at radius 3 is 2.80 bits per heavy atom. The minimum atomic E-state index is -0.456. The van der Waals surface area contributed by atoms with Crippen LogP contribution in [0.3, 0.4) is 0 Å². The van der Waals surface area contributed by atoms with Gasteiger partial charge in [-0.3, -0.25) is 14.5 Å². The number of H-pyrrole nitrogens is 1. The normalized spacial score (nSPS) is 15.4. The largest absolute Gasteiger partial charge is 0.465 e. The van der Waals surface area contributed by atoms with Crippen LogP contribution in [0.15, 0.2) is 21.6 Å². The van der Waals surface area contributed by atoms with E-state index in [0.717, 1.165) is 25.9 Å². The number of rotatable bonds is 5. The van der Waals surface area contributed by atoms with E-state index in [2.05, 4.69) is 20.2 Å². The van der Waals surface area contributed by atoms with Crippen LogP contribution in [0.5, 0.6) is 0 Å². The zero-order chi connectivity index (χ0) is 21.3. The number of carbonyl (C=O) groups is 2. The van der Waals surface area contributed by atoms with E-state index in [4.69, 9.17) is 4.74 Å². The number of amides is 1. The minimum Gasteiger partial charge on any atom is -0.465 e. The molecule has 2 N–H and O–H groups in total. The van der Waals surface area contributed by atoms with Gasteiger partial charge < -0.3 is 15.0 Å². The zero-order valence-electron chi connectivity index (χ0n) is 16.7. The maximum Gasteiger partial charge on any atom is 0.348 e. The van der Waals surface area contributed by atoms with Gasteiger partial charge in [0, 0.05) is 30.1 Å². The van der Waals surface area contributed by atoms with Crippen LogP contribution in [-0.4, -0.2) is 53.0 Å². The van der Waals surface area contributed by atoms with Crippen molar-refractivity contribution >= 4 is 44.8 Å². The summed E-state index contributed by atoms with van der Waals surface area (Å²) in [5, 5.41) is 7.28. The number of thiophene rings is 2. The first-order chi connectivity index (χ1) is 14.5. The predicted molar refractivity (Wildman–Crippen MR) is 116 cm³/mol. The second-order valence-corrected chi connectivity index (χ2v) is 9.06. The van der Waals surface area contributed by atoms with Gasteiger partial charge in [0.1, 0.15) is 15.5 Å². The lowest BCUT2D eigenvalue weighted by molar-refractivity contribution is 0.0605. The summed E-state index contributed by atoms with van der Waals surface area (Å²) in [6.07, 6.45) is 1.68. The van der Waals surface area contributed by atoms with E-state index in [0.29, 0.717) is 38.6 Å². The molecule has 8 nitrogen and oxygen atoms in total. The summed E-state index contributed by atoms with van der Waals surface area (Å²) in [5.41, 5.74) is 1.07. The molecule has 1 amide bonds. The van der Waals surface area contributed by atoms with Gasteiger partial charge in [-0.25, -0.2) is 9.78 Å². The Hall–Kier alpha value is -2.56. The second kappa shape index (κ2) is 8.66.